The van der Waals surface area contributed by atoms with Crippen molar-refractivity contribution in [3.63, 3.8) is 0 Å². The summed E-state index contributed by atoms with van der Waals surface area (Å²) in [6, 6.07) is 14.1. The van der Waals surface area contributed by atoms with E-state index < -0.39 is 15.8 Å². The van der Waals surface area contributed by atoms with Gasteiger partial charge in [-0.3, -0.25) is 14.7 Å². The topological polar surface area (TPSA) is 92.7 Å². The van der Waals surface area contributed by atoms with Crippen molar-refractivity contribution in [3.05, 3.63) is 83.9 Å². The number of carbonyl (C=O) groups excluding carboxylic acids is 1. The summed E-state index contributed by atoms with van der Waals surface area (Å²) in [6.07, 6.45) is 2.87. The standard InChI is InChI=1S/C26H25FN4O4S2/c1-17-14-30(15-18(2)35-17)37(33,34)21-10-8-20(9-11-21)25(32)31(16-19-5-4-12-28-13-19)26-29-24-22(27)6-3-7-23(24)36-26/h3-13,17-18H,14-16H2,1-2H3. The van der Waals surface area contributed by atoms with Crippen LogP contribution in [0, 0.1) is 5.82 Å². The summed E-state index contributed by atoms with van der Waals surface area (Å²) in [5.74, 6) is -0.851. The predicted octanol–water partition coefficient (Wildman–Crippen LogP) is 4.48. The Labute approximate surface area is 218 Å². The summed E-state index contributed by atoms with van der Waals surface area (Å²) >= 11 is 1.21. The highest BCUT2D eigenvalue weighted by Crippen LogP contribution is 2.32. The number of ether oxygens (including phenoxy) is 1. The molecule has 1 fully saturated rings. The average molecular weight is 541 g/mol. The molecule has 4 aromatic rings. The van der Waals surface area contributed by atoms with Crippen molar-refractivity contribution >= 4 is 42.6 Å². The summed E-state index contributed by atoms with van der Waals surface area (Å²) in [6.45, 7) is 4.37. The van der Waals surface area contributed by atoms with E-state index in [0.29, 0.717) is 9.83 Å². The number of fused-ring (bicyclic) bond motifs is 1. The van der Waals surface area contributed by atoms with E-state index in [4.69, 9.17) is 4.74 Å². The van der Waals surface area contributed by atoms with E-state index >= 15 is 0 Å². The Hall–Kier alpha value is -3.25. The molecule has 0 radical (unpaired) electrons. The summed E-state index contributed by atoms with van der Waals surface area (Å²) in [7, 11) is -3.75. The second-order valence-electron chi connectivity index (χ2n) is 8.94. The van der Waals surface area contributed by atoms with Gasteiger partial charge in [0.15, 0.2) is 5.13 Å². The largest absolute Gasteiger partial charge is 0.373 e. The molecule has 1 saturated heterocycles. The molecule has 2 aromatic heterocycles. The zero-order chi connectivity index (χ0) is 26.2. The van der Waals surface area contributed by atoms with Gasteiger partial charge in [0.1, 0.15) is 11.3 Å². The maximum absolute atomic E-state index is 14.3. The van der Waals surface area contributed by atoms with Crippen LogP contribution in [0.5, 0.6) is 0 Å². The van der Waals surface area contributed by atoms with Crippen LogP contribution in [0.1, 0.15) is 29.8 Å². The number of aromatic nitrogens is 2. The fourth-order valence-electron chi connectivity index (χ4n) is 4.32. The molecule has 0 aliphatic carbocycles. The molecule has 1 amide bonds. The molecule has 11 heteroatoms. The highest BCUT2D eigenvalue weighted by Gasteiger charge is 2.32. The number of pyridine rings is 1. The molecule has 0 N–H and O–H groups in total. The highest BCUT2D eigenvalue weighted by molar-refractivity contribution is 7.89. The predicted molar refractivity (Wildman–Crippen MR) is 140 cm³/mol. The maximum Gasteiger partial charge on any atom is 0.260 e. The number of anilines is 1. The van der Waals surface area contributed by atoms with Crippen molar-refractivity contribution in [1.29, 1.82) is 0 Å². The van der Waals surface area contributed by atoms with E-state index in [1.807, 2.05) is 19.9 Å². The highest BCUT2D eigenvalue weighted by atomic mass is 32.2. The van der Waals surface area contributed by atoms with Gasteiger partial charge in [-0.15, -0.1) is 0 Å². The van der Waals surface area contributed by atoms with Gasteiger partial charge < -0.3 is 4.74 Å². The summed E-state index contributed by atoms with van der Waals surface area (Å²) < 4.78 is 48.4. The van der Waals surface area contributed by atoms with Crippen molar-refractivity contribution in [1.82, 2.24) is 14.3 Å². The Bertz CT molecular complexity index is 1520. The molecule has 0 saturated carbocycles. The van der Waals surface area contributed by atoms with Crippen LogP contribution in [0.2, 0.25) is 0 Å². The molecule has 2 unspecified atom stereocenters. The Morgan fingerprint density at radius 2 is 1.84 bits per heavy atom. The average Bonchev–Trinajstić information content (AvgIpc) is 3.32. The van der Waals surface area contributed by atoms with Gasteiger partial charge in [-0.05, 0) is 61.9 Å². The second-order valence-corrected chi connectivity index (χ2v) is 11.9. The van der Waals surface area contributed by atoms with Gasteiger partial charge in [0.25, 0.3) is 5.91 Å². The van der Waals surface area contributed by atoms with Crippen molar-refractivity contribution in [2.75, 3.05) is 18.0 Å². The van der Waals surface area contributed by atoms with E-state index in [1.165, 1.54) is 50.9 Å². The molecule has 1 aliphatic heterocycles. The lowest BCUT2D eigenvalue weighted by Crippen LogP contribution is -2.48. The monoisotopic (exact) mass is 540 g/mol. The van der Waals surface area contributed by atoms with Crippen LogP contribution in [-0.2, 0) is 21.3 Å². The minimum atomic E-state index is -3.75. The first kappa shape index (κ1) is 25.4. The smallest absolute Gasteiger partial charge is 0.260 e. The molecular formula is C26H25FN4O4S2. The van der Waals surface area contributed by atoms with Crippen molar-refractivity contribution in [3.8, 4) is 0 Å². The number of nitrogens with zero attached hydrogens (tertiary/aromatic N) is 4. The third-order valence-corrected chi connectivity index (χ3v) is 8.91. The van der Waals surface area contributed by atoms with Gasteiger partial charge in [0.05, 0.1) is 28.3 Å². The number of thiazole rings is 1. The van der Waals surface area contributed by atoms with Gasteiger partial charge >= 0.3 is 0 Å². The summed E-state index contributed by atoms with van der Waals surface area (Å²) in [5, 5.41) is 0.335. The third kappa shape index (κ3) is 5.26. The lowest BCUT2D eigenvalue weighted by atomic mass is 10.2. The Morgan fingerprint density at radius 1 is 1.11 bits per heavy atom. The number of carbonyl (C=O) groups is 1. The molecular weight excluding hydrogens is 515 g/mol. The van der Waals surface area contributed by atoms with E-state index in [1.54, 1.807) is 30.6 Å². The molecule has 3 heterocycles. The van der Waals surface area contributed by atoms with Crippen LogP contribution in [0.15, 0.2) is 71.9 Å². The molecule has 0 bridgehead atoms. The van der Waals surface area contributed by atoms with Gasteiger partial charge in [0, 0.05) is 31.0 Å². The maximum atomic E-state index is 14.3. The van der Waals surface area contributed by atoms with E-state index in [9.17, 15) is 17.6 Å². The third-order valence-electron chi connectivity index (χ3n) is 6.02. The molecule has 2 aromatic carbocycles. The van der Waals surface area contributed by atoms with Crippen LogP contribution < -0.4 is 4.90 Å². The first-order chi connectivity index (χ1) is 17.7. The van der Waals surface area contributed by atoms with Crippen LogP contribution in [0.4, 0.5) is 9.52 Å². The molecule has 0 spiro atoms. The van der Waals surface area contributed by atoms with Gasteiger partial charge in [-0.2, -0.15) is 4.31 Å². The van der Waals surface area contributed by atoms with Crippen LogP contribution >= 0.6 is 11.3 Å². The first-order valence-corrected chi connectivity index (χ1v) is 14.0. The van der Waals surface area contributed by atoms with Gasteiger partial charge in [-0.25, -0.2) is 17.8 Å². The number of sulfonamides is 1. The summed E-state index contributed by atoms with van der Waals surface area (Å²) in [4.78, 5) is 23.7. The minimum absolute atomic E-state index is 0.103. The number of benzene rings is 2. The van der Waals surface area contributed by atoms with Crippen molar-refractivity contribution < 1.29 is 22.3 Å². The Kier molecular flexibility index (Phi) is 7.04. The number of rotatable bonds is 6. The second kappa shape index (κ2) is 10.3. The van der Waals surface area contributed by atoms with Crippen LogP contribution in [0.3, 0.4) is 0 Å². The fraction of sp³-hybridized carbons (Fsp3) is 0.269. The number of hydrogen-bond acceptors (Lipinski definition) is 7. The molecule has 37 heavy (non-hydrogen) atoms. The van der Waals surface area contributed by atoms with Gasteiger partial charge in [0.2, 0.25) is 10.0 Å². The van der Waals surface area contributed by atoms with E-state index in [0.717, 1.165) is 5.56 Å². The number of amides is 1. The van der Waals surface area contributed by atoms with Crippen molar-refractivity contribution in [2.24, 2.45) is 0 Å². The van der Waals surface area contributed by atoms with E-state index in [2.05, 4.69) is 9.97 Å². The number of hydrogen-bond donors (Lipinski definition) is 0. The quantitative estimate of drug-likeness (QED) is 0.358. The normalized spacial score (nSPS) is 18.7. The number of morpholine rings is 1. The van der Waals surface area contributed by atoms with Crippen LogP contribution in [-0.4, -0.2) is 53.9 Å². The molecule has 5 rings (SSSR count). The molecule has 1 aliphatic rings. The lowest BCUT2D eigenvalue weighted by Gasteiger charge is -2.34. The first-order valence-electron chi connectivity index (χ1n) is 11.7. The van der Waals surface area contributed by atoms with Gasteiger partial charge in [-0.1, -0.05) is 23.5 Å². The van der Waals surface area contributed by atoms with Crippen LogP contribution in [0.25, 0.3) is 10.2 Å². The zero-order valence-corrected chi connectivity index (χ0v) is 21.9. The number of halogens is 1. The fourth-order valence-corrected chi connectivity index (χ4v) is 6.89. The Morgan fingerprint density at radius 3 is 2.49 bits per heavy atom. The minimum Gasteiger partial charge on any atom is -0.373 e. The number of para-hydroxylation sites is 1. The molecule has 2 atom stereocenters. The Balaban J connectivity index is 1.46. The SMILES string of the molecule is CC1CN(S(=O)(=O)c2ccc(C(=O)N(Cc3cccnc3)c3nc4c(F)cccc4s3)cc2)CC(C)O1. The summed E-state index contributed by atoms with van der Waals surface area (Å²) in [5.41, 5.74) is 1.25. The van der Waals surface area contributed by atoms with E-state index in [-0.39, 0.29) is 53.7 Å². The zero-order valence-electron chi connectivity index (χ0n) is 20.2. The van der Waals surface area contributed by atoms with Crippen molar-refractivity contribution in [2.45, 2.75) is 37.5 Å². The molecule has 192 valence electrons. The lowest BCUT2D eigenvalue weighted by molar-refractivity contribution is -0.0440. The molecule has 8 nitrogen and oxygen atoms in total.